The maximum atomic E-state index is 6.20. The van der Waals surface area contributed by atoms with Gasteiger partial charge >= 0.3 is 0 Å². The molecule has 1 aromatic heterocycles. The molecule has 0 radical (unpaired) electrons. The highest BCUT2D eigenvalue weighted by atomic mass is 79.9. The van der Waals surface area contributed by atoms with Crippen LogP contribution in [-0.2, 0) is 6.42 Å². The van der Waals surface area contributed by atoms with Gasteiger partial charge in [0.05, 0.1) is 10.2 Å². The van der Waals surface area contributed by atoms with Crippen LogP contribution in [0.3, 0.4) is 0 Å². The molecular weight excluding hydrogens is 324 g/mol. The van der Waals surface area contributed by atoms with Crippen molar-refractivity contribution < 1.29 is 0 Å². The molecule has 0 saturated carbocycles. The van der Waals surface area contributed by atoms with E-state index < -0.39 is 0 Å². The third kappa shape index (κ3) is 3.15. The van der Waals surface area contributed by atoms with E-state index in [2.05, 4.69) is 64.9 Å². The van der Waals surface area contributed by atoms with E-state index in [0.29, 0.717) is 11.0 Å². The van der Waals surface area contributed by atoms with Crippen molar-refractivity contribution in [2.75, 3.05) is 0 Å². The standard InChI is InChI=1S/C15H16BrClN2/c1-4-5-12-13(16)14(17)19-15(18-12)11-8-9(2)6-7-10(11)3/h6-8H,4-5H2,1-3H3. The Hall–Kier alpha value is -0.930. The zero-order valence-electron chi connectivity index (χ0n) is 11.3. The van der Waals surface area contributed by atoms with E-state index in [4.69, 9.17) is 11.6 Å². The second kappa shape index (κ2) is 6.02. The van der Waals surface area contributed by atoms with Gasteiger partial charge in [0, 0.05) is 5.56 Å². The summed E-state index contributed by atoms with van der Waals surface area (Å²) in [6.45, 7) is 6.25. The SMILES string of the molecule is CCCc1nc(-c2cc(C)ccc2C)nc(Cl)c1Br. The van der Waals surface area contributed by atoms with Crippen LogP contribution in [-0.4, -0.2) is 9.97 Å². The Labute approximate surface area is 127 Å². The predicted octanol–water partition coefficient (Wildman–Crippen LogP) is 5.13. The summed E-state index contributed by atoms with van der Waals surface area (Å²) in [5, 5.41) is 0.481. The van der Waals surface area contributed by atoms with Crippen LogP contribution in [0, 0.1) is 13.8 Å². The van der Waals surface area contributed by atoms with Crippen LogP contribution in [0.1, 0.15) is 30.2 Å². The Bertz CT molecular complexity index is 611. The van der Waals surface area contributed by atoms with Crippen LogP contribution < -0.4 is 0 Å². The molecular formula is C15H16BrClN2. The summed E-state index contributed by atoms with van der Waals surface area (Å²) in [4.78, 5) is 9.05. The second-order valence-corrected chi connectivity index (χ2v) is 5.82. The minimum atomic E-state index is 0.481. The largest absolute Gasteiger partial charge is 0.232 e. The molecule has 0 aliphatic carbocycles. The Kier molecular flexibility index (Phi) is 4.58. The van der Waals surface area contributed by atoms with Crippen LogP contribution >= 0.6 is 27.5 Å². The molecule has 19 heavy (non-hydrogen) atoms. The maximum Gasteiger partial charge on any atom is 0.161 e. The number of nitrogens with zero attached hydrogens (tertiary/aromatic N) is 2. The first-order valence-corrected chi connectivity index (χ1v) is 7.49. The molecule has 0 bridgehead atoms. The summed E-state index contributed by atoms with van der Waals surface area (Å²) in [7, 11) is 0. The zero-order valence-corrected chi connectivity index (χ0v) is 13.6. The summed E-state index contributed by atoms with van der Waals surface area (Å²) >= 11 is 9.66. The van der Waals surface area contributed by atoms with Gasteiger partial charge in [-0.1, -0.05) is 42.6 Å². The van der Waals surface area contributed by atoms with E-state index in [-0.39, 0.29) is 0 Å². The van der Waals surface area contributed by atoms with Crippen LogP contribution in [0.25, 0.3) is 11.4 Å². The first-order chi connectivity index (χ1) is 9.02. The Morgan fingerprint density at radius 3 is 2.63 bits per heavy atom. The van der Waals surface area contributed by atoms with E-state index in [0.717, 1.165) is 34.1 Å². The molecule has 0 amide bonds. The fourth-order valence-corrected chi connectivity index (χ4v) is 2.53. The van der Waals surface area contributed by atoms with Gasteiger partial charge in [0.25, 0.3) is 0 Å². The molecule has 0 aliphatic heterocycles. The van der Waals surface area contributed by atoms with E-state index in [9.17, 15) is 0 Å². The van der Waals surface area contributed by atoms with Crippen molar-refractivity contribution in [1.29, 1.82) is 0 Å². The molecule has 0 aliphatic rings. The van der Waals surface area contributed by atoms with Gasteiger partial charge in [0.15, 0.2) is 5.82 Å². The molecule has 2 aromatic rings. The average molecular weight is 340 g/mol. The normalized spacial score (nSPS) is 10.8. The topological polar surface area (TPSA) is 25.8 Å². The summed E-state index contributed by atoms with van der Waals surface area (Å²) < 4.78 is 0.810. The van der Waals surface area contributed by atoms with Gasteiger partial charge in [0.2, 0.25) is 0 Å². The number of rotatable bonds is 3. The molecule has 0 spiro atoms. The van der Waals surface area contributed by atoms with Crippen LogP contribution in [0.2, 0.25) is 5.15 Å². The molecule has 0 N–H and O–H groups in total. The number of hydrogen-bond donors (Lipinski definition) is 0. The van der Waals surface area contributed by atoms with Crippen molar-refractivity contribution in [1.82, 2.24) is 9.97 Å². The molecule has 0 unspecified atom stereocenters. The lowest BCUT2D eigenvalue weighted by Gasteiger charge is -2.10. The molecule has 2 rings (SSSR count). The highest BCUT2D eigenvalue weighted by Crippen LogP contribution is 2.29. The van der Waals surface area contributed by atoms with Gasteiger partial charge in [-0.25, -0.2) is 9.97 Å². The smallest absolute Gasteiger partial charge is 0.161 e. The van der Waals surface area contributed by atoms with Crippen LogP contribution in [0.4, 0.5) is 0 Å². The summed E-state index contributed by atoms with van der Waals surface area (Å²) in [6.07, 6.45) is 1.92. The van der Waals surface area contributed by atoms with Gasteiger partial charge in [-0.2, -0.15) is 0 Å². The van der Waals surface area contributed by atoms with Gasteiger partial charge in [-0.3, -0.25) is 0 Å². The highest BCUT2D eigenvalue weighted by Gasteiger charge is 2.13. The summed E-state index contributed by atoms with van der Waals surface area (Å²) in [6, 6.07) is 6.28. The third-order valence-corrected chi connectivity index (χ3v) is 4.34. The van der Waals surface area contributed by atoms with E-state index in [1.807, 2.05) is 0 Å². The minimum absolute atomic E-state index is 0.481. The van der Waals surface area contributed by atoms with E-state index in [1.165, 1.54) is 5.56 Å². The van der Waals surface area contributed by atoms with Gasteiger partial charge < -0.3 is 0 Å². The summed E-state index contributed by atoms with van der Waals surface area (Å²) in [5.74, 6) is 0.706. The van der Waals surface area contributed by atoms with Crippen molar-refractivity contribution in [2.24, 2.45) is 0 Å². The molecule has 0 fully saturated rings. The number of halogens is 2. The minimum Gasteiger partial charge on any atom is -0.232 e. The fraction of sp³-hybridized carbons (Fsp3) is 0.333. The molecule has 0 atom stereocenters. The first kappa shape index (κ1) is 14.5. The molecule has 1 aromatic carbocycles. The maximum absolute atomic E-state index is 6.20. The molecule has 4 heteroatoms. The highest BCUT2D eigenvalue weighted by molar-refractivity contribution is 9.10. The third-order valence-electron chi connectivity index (χ3n) is 3.00. The van der Waals surface area contributed by atoms with E-state index in [1.54, 1.807) is 0 Å². The van der Waals surface area contributed by atoms with Crippen molar-refractivity contribution in [3.8, 4) is 11.4 Å². The lowest BCUT2D eigenvalue weighted by Crippen LogP contribution is -2.00. The lowest BCUT2D eigenvalue weighted by atomic mass is 10.0. The first-order valence-electron chi connectivity index (χ1n) is 6.32. The molecule has 100 valence electrons. The Morgan fingerprint density at radius 2 is 1.95 bits per heavy atom. The number of aryl methyl sites for hydroxylation is 3. The van der Waals surface area contributed by atoms with Crippen molar-refractivity contribution in [3.05, 3.63) is 44.6 Å². The van der Waals surface area contributed by atoms with Gasteiger partial charge in [-0.05, 0) is 47.8 Å². The number of hydrogen-bond acceptors (Lipinski definition) is 2. The second-order valence-electron chi connectivity index (χ2n) is 4.67. The van der Waals surface area contributed by atoms with Crippen LogP contribution in [0.5, 0.6) is 0 Å². The fourth-order valence-electron chi connectivity index (χ4n) is 1.96. The van der Waals surface area contributed by atoms with Crippen molar-refractivity contribution in [2.45, 2.75) is 33.6 Å². The zero-order chi connectivity index (χ0) is 14.0. The lowest BCUT2D eigenvalue weighted by molar-refractivity contribution is 0.867. The van der Waals surface area contributed by atoms with Crippen LogP contribution in [0.15, 0.2) is 22.7 Å². The predicted molar refractivity (Wildman–Crippen MR) is 83.6 cm³/mol. The monoisotopic (exact) mass is 338 g/mol. The average Bonchev–Trinajstić information content (AvgIpc) is 2.38. The van der Waals surface area contributed by atoms with E-state index >= 15 is 0 Å². The summed E-state index contributed by atoms with van der Waals surface area (Å²) in [5.41, 5.74) is 4.37. The van der Waals surface area contributed by atoms with Gasteiger partial charge in [0.1, 0.15) is 5.15 Å². The quantitative estimate of drug-likeness (QED) is 0.725. The molecule has 0 saturated heterocycles. The van der Waals surface area contributed by atoms with Crippen molar-refractivity contribution >= 4 is 27.5 Å². The number of benzene rings is 1. The van der Waals surface area contributed by atoms with Gasteiger partial charge in [-0.15, -0.1) is 0 Å². The Morgan fingerprint density at radius 1 is 1.21 bits per heavy atom. The van der Waals surface area contributed by atoms with Crippen molar-refractivity contribution in [3.63, 3.8) is 0 Å². The molecule has 2 nitrogen and oxygen atoms in total. The number of aromatic nitrogens is 2. The Balaban J connectivity index is 2.59. The molecule has 1 heterocycles.